The lowest BCUT2D eigenvalue weighted by Crippen LogP contribution is -2.38. The quantitative estimate of drug-likeness (QED) is 0.338. The Labute approximate surface area is 180 Å². The number of nitrogens with zero attached hydrogens (tertiary/aromatic N) is 4. The van der Waals surface area contributed by atoms with Gasteiger partial charge in [-0.1, -0.05) is 30.8 Å². The number of nitrogens with two attached hydrogens (primary N) is 1. The minimum absolute atomic E-state index is 0.121. The monoisotopic (exact) mass is 416 g/mol. The Morgan fingerprint density at radius 1 is 1.19 bits per heavy atom. The second kappa shape index (κ2) is 8.06. The summed E-state index contributed by atoms with van der Waals surface area (Å²) in [5, 5.41) is 13.2. The van der Waals surface area contributed by atoms with E-state index in [2.05, 4.69) is 22.0 Å². The van der Waals surface area contributed by atoms with Crippen molar-refractivity contribution in [2.45, 2.75) is 25.2 Å². The Morgan fingerprint density at radius 3 is 2.42 bits per heavy atom. The molecule has 0 spiro atoms. The summed E-state index contributed by atoms with van der Waals surface area (Å²) in [5.41, 5.74) is 2.97. The van der Waals surface area contributed by atoms with Crippen LogP contribution in [-0.4, -0.2) is 35.8 Å². The largest absolute Gasteiger partial charge is 0.497 e. The summed E-state index contributed by atoms with van der Waals surface area (Å²) in [6.45, 7) is 5.49. The van der Waals surface area contributed by atoms with Gasteiger partial charge in [-0.15, -0.1) is 0 Å². The molecular weight excluding hydrogens is 392 g/mol. The summed E-state index contributed by atoms with van der Waals surface area (Å²) in [7, 11) is 1.64. The van der Waals surface area contributed by atoms with Crippen LogP contribution in [-0.2, 0) is 10.2 Å². The van der Waals surface area contributed by atoms with Crippen molar-refractivity contribution in [3.8, 4) is 5.75 Å². The van der Waals surface area contributed by atoms with Crippen LogP contribution in [0.4, 0.5) is 5.69 Å². The third kappa shape index (κ3) is 3.92. The molecule has 1 heterocycles. The van der Waals surface area contributed by atoms with E-state index in [1.54, 1.807) is 18.3 Å². The third-order valence-corrected chi connectivity index (χ3v) is 5.43. The summed E-state index contributed by atoms with van der Waals surface area (Å²) in [6, 6.07) is 15.3. The van der Waals surface area contributed by atoms with Crippen molar-refractivity contribution in [1.29, 1.82) is 0 Å². The molecule has 8 nitrogen and oxygen atoms in total. The first kappa shape index (κ1) is 20.3. The summed E-state index contributed by atoms with van der Waals surface area (Å²) in [5.74, 6) is 7.58. The predicted octanol–water partition coefficient (Wildman–Crippen LogP) is 3.22. The van der Waals surface area contributed by atoms with Crippen LogP contribution in [0.1, 0.15) is 30.9 Å². The predicted molar refractivity (Wildman–Crippen MR) is 122 cm³/mol. The molecular formula is C23H24N6O2. The molecule has 4 rings (SSSR count). The third-order valence-electron chi connectivity index (χ3n) is 5.43. The lowest BCUT2D eigenvalue weighted by molar-refractivity contribution is -0.114. The van der Waals surface area contributed by atoms with Crippen molar-refractivity contribution in [1.82, 2.24) is 5.01 Å². The van der Waals surface area contributed by atoms with Crippen LogP contribution < -0.4 is 15.9 Å². The first-order chi connectivity index (χ1) is 15.0. The van der Waals surface area contributed by atoms with Crippen LogP contribution in [0.2, 0.25) is 0 Å². The van der Waals surface area contributed by atoms with Gasteiger partial charge in [-0.05, 0) is 42.7 Å². The average molecular weight is 416 g/mol. The van der Waals surface area contributed by atoms with Crippen LogP contribution in [0, 0.1) is 0 Å². The van der Waals surface area contributed by atoms with Gasteiger partial charge in [0.1, 0.15) is 17.3 Å². The van der Waals surface area contributed by atoms with Gasteiger partial charge in [0.25, 0.3) is 0 Å². The molecule has 158 valence electrons. The van der Waals surface area contributed by atoms with Gasteiger partial charge in [0.15, 0.2) is 5.84 Å². The molecule has 0 bridgehead atoms. The lowest BCUT2D eigenvalue weighted by atomic mass is 9.94. The smallest absolute Gasteiger partial charge is 0.221 e. The number of nitrogens with one attached hydrogen (secondary N) is 1. The van der Waals surface area contributed by atoms with Gasteiger partial charge in [0.05, 0.1) is 18.7 Å². The summed E-state index contributed by atoms with van der Waals surface area (Å²) in [4.78, 5) is 15.7. The van der Waals surface area contributed by atoms with Crippen molar-refractivity contribution >= 4 is 29.4 Å². The van der Waals surface area contributed by atoms with E-state index >= 15 is 0 Å². The highest BCUT2D eigenvalue weighted by Crippen LogP contribution is 2.51. The molecule has 3 N–H and O–H groups in total. The zero-order valence-corrected chi connectivity index (χ0v) is 17.5. The number of hydrogen-bond donors (Lipinski definition) is 2. The number of amidine groups is 1. The molecule has 1 fully saturated rings. The topological polar surface area (TPSA) is 105 Å². The Hall–Kier alpha value is -3.94. The maximum Gasteiger partial charge on any atom is 0.221 e. The van der Waals surface area contributed by atoms with E-state index in [0.717, 1.165) is 29.7 Å². The number of carbonyl (C=O) groups excluding carboxylic acids is 1. The van der Waals surface area contributed by atoms with Crippen LogP contribution in [0.5, 0.6) is 5.75 Å². The highest BCUT2D eigenvalue weighted by molar-refractivity contribution is 6.39. The van der Waals surface area contributed by atoms with E-state index in [1.807, 2.05) is 48.5 Å². The van der Waals surface area contributed by atoms with Gasteiger partial charge in [-0.2, -0.15) is 15.2 Å². The molecule has 31 heavy (non-hydrogen) atoms. The van der Waals surface area contributed by atoms with Crippen molar-refractivity contribution in [2.75, 3.05) is 12.4 Å². The molecule has 1 saturated carbocycles. The molecule has 0 unspecified atom stereocenters. The number of ether oxygens (including phenoxy) is 1. The molecule has 0 radical (unpaired) electrons. The van der Waals surface area contributed by atoms with Gasteiger partial charge < -0.3 is 15.9 Å². The van der Waals surface area contributed by atoms with E-state index in [9.17, 15) is 4.79 Å². The fourth-order valence-electron chi connectivity index (χ4n) is 3.67. The number of benzene rings is 2. The molecule has 1 aliphatic carbocycles. The van der Waals surface area contributed by atoms with Crippen LogP contribution in [0.15, 0.2) is 76.1 Å². The van der Waals surface area contributed by atoms with Gasteiger partial charge >= 0.3 is 0 Å². The Morgan fingerprint density at radius 2 is 1.87 bits per heavy atom. The standard InChI is InChI=1S/C23H24N6O2/c1-15-25-14-21(17-4-8-19(9-5-17)26-16(2)30)28-29(15)22(27-24)23(12-13-23)18-6-10-20(31-3)11-7-18/h4-11,14H,1,12-13,24H2,2-3H3,(H,26,30)/b27-22-. The molecule has 0 saturated heterocycles. The maximum absolute atomic E-state index is 11.2. The normalized spacial score (nSPS) is 17.2. The van der Waals surface area contributed by atoms with Crippen molar-refractivity contribution in [3.05, 3.63) is 72.1 Å². The SMILES string of the molecule is C=C1N=CC(c2ccc(NC(C)=O)cc2)=NN1/C(=N\N)C1(c2ccc(OC)cc2)CC1. The summed E-state index contributed by atoms with van der Waals surface area (Å²) >= 11 is 0. The van der Waals surface area contributed by atoms with E-state index in [0.29, 0.717) is 23.1 Å². The van der Waals surface area contributed by atoms with Gasteiger partial charge in [-0.25, -0.2) is 4.99 Å². The molecule has 2 aromatic carbocycles. The summed E-state index contributed by atoms with van der Waals surface area (Å²) < 4.78 is 5.27. The zero-order chi connectivity index (χ0) is 22.0. The Bertz CT molecular complexity index is 1100. The average Bonchev–Trinajstić information content (AvgIpc) is 3.57. The number of rotatable bonds is 5. The van der Waals surface area contributed by atoms with Crippen molar-refractivity contribution in [3.63, 3.8) is 0 Å². The Kier molecular flexibility index (Phi) is 5.29. The number of hydrazone groups is 2. The second-order valence-corrected chi connectivity index (χ2v) is 7.49. The molecule has 0 aromatic heterocycles. The van der Waals surface area contributed by atoms with E-state index < -0.39 is 0 Å². The van der Waals surface area contributed by atoms with Gasteiger partial charge in [-0.3, -0.25) is 4.79 Å². The van der Waals surface area contributed by atoms with Crippen LogP contribution in [0.25, 0.3) is 0 Å². The number of carbonyl (C=O) groups is 1. The molecule has 1 aliphatic heterocycles. The second-order valence-electron chi connectivity index (χ2n) is 7.49. The Balaban J connectivity index is 1.64. The molecule has 2 aromatic rings. The van der Waals surface area contributed by atoms with Gasteiger partial charge in [0, 0.05) is 18.2 Å². The summed E-state index contributed by atoms with van der Waals surface area (Å²) in [6.07, 6.45) is 3.46. The maximum atomic E-state index is 11.2. The fourth-order valence-corrected chi connectivity index (χ4v) is 3.67. The number of aliphatic imine (C=N–C) groups is 1. The molecule has 1 amide bonds. The van der Waals surface area contributed by atoms with Crippen molar-refractivity contribution in [2.24, 2.45) is 21.0 Å². The lowest BCUT2D eigenvalue weighted by Gasteiger charge is -2.29. The molecule has 2 aliphatic rings. The number of amides is 1. The van der Waals surface area contributed by atoms with E-state index in [-0.39, 0.29) is 11.3 Å². The van der Waals surface area contributed by atoms with E-state index in [4.69, 9.17) is 15.7 Å². The fraction of sp³-hybridized carbons (Fsp3) is 0.217. The molecule has 8 heteroatoms. The first-order valence-corrected chi connectivity index (χ1v) is 9.89. The number of hydrogen-bond acceptors (Lipinski definition) is 6. The highest BCUT2D eigenvalue weighted by atomic mass is 16.5. The molecule has 0 atom stereocenters. The van der Waals surface area contributed by atoms with Crippen LogP contribution >= 0.6 is 0 Å². The van der Waals surface area contributed by atoms with E-state index in [1.165, 1.54) is 6.92 Å². The van der Waals surface area contributed by atoms with Crippen molar-refractivity contribution < 1.29 is 9.53 Å². The minimum atomic E-state index is -0.333. The number of methoxy groups -OCH3 is 1. The number of anilines is 1. The van der Waals surface area contributed by atoms with Crippen LogP contribution in [0.3, 0.4) is 0 Å². The minimum Gasteiger partial charge on any atom is -0.497 e. The van der Waals surface area contributed by atoms with Gasteiger partial charge in [0.2, 0.25) is 5.91 Å². The zero-order valence-electron chi connectivity index (χ0n) is 17.5. The first-order valence-electron chi connectivity index (χ1n) is 9.89. The highest BCUT2D eigenvalue weighted by Gasteiger charge is 2.52.